The molecule has 16 heavy (non-hydrogen) atoms. The predicted octanol–water partition coefficient (Wildman–Crippen LogP) is 1.68. The van der Waals surface area contributed by atoms with Gasteiger partial charge in [-0.05, 0) is 19.8 Å². The molecule has 1 aromatic heterocycles. The predicted molar refractivity (Wildman–Crippen MR) is 63.7 cm³/mol. The average Bonchev–Trinajstić information content (AvgIpc) is 3.00. The second-order valence-electron chi connectivity index (χ2n) is 4.14. The van der Waals surface area contributed by atoms with Gasteiger partial charge in [0, 0.05) is 19.6 Å². The third kappa shape index (κ3) is 2.44. The standard InChI is InChI=1S/C12H19N3O/c1-4-16-9(2)11-7-14-15(3)12(11)8-13-10-5-6-10/h7,10,13H,2,4-6,8H2,1,3H3. The number of hydrogen-bond acceptors (Lipinski definition) is 3. The first-order valence-corrected chi connectivity index (χ1v) is 5.78. The minimum atomic E-state index is 0.642. The van der Waals surface area contributed by atoms with E-state index in [1.165, 1.54) is 12.8 Å². The Morgan fingerprint density at radius 1 is 1.69 bits per heavy atom. The van der Waals surface area contributed by atoms with Crippen molar-refractivity contribution in [3.63, 3.8) is 0 Å². The molecule has 0 aromatic carbocycles. The molecule has 0 amide bonds. The highest BCUT2D eigenvalue weighted by molar-refractivity contribution is 5.59. The number of nitrogens with zero attached hydrogens (tertiary/aromatic N) is 2. The van der Waals surface area contributed by atoms with E-state index in [9.17, 15) is 0 Å². The van der Waals surface area contributed by atoms with Crippen LogP contribution in [0, 0.1) is 0 Å². The topological polar surface area (TPSA) is 39.1 Å². The number of aromatic nitrogens is 2. The van der Waals surface area contributed by atoms with Gasteiger partial charge in [-0.1, -0.05) is 6.58 Å². The normalized spacial score (nSPS) is 15.1. The summed E-state index contributed by atoms with van der Waals surface area (Å²) in [6, 6.07) is 0.697. The molecule has 0 unspecified atom stereocenters. The first kappa shape index (κ1) is 11.2. The van der Waals surface area contributed by atoms with Gasteiger partial charge in [0.25, 0.3) is 0 Å². The Labute approximate surface area is 96.3 Å². The van der Waals surface area contributed by atoms with Crippen molar-refractivity contribution in [2.45, 2.75) is 32.4 Å². The van der Waals surface area contributed by atoms with Gasteiger partial charge < -0.3 is 10.1 Å². The van der Waals surface area contributed by atoms with Crippen LogP contribution in [0.15, 0.2) is 12.8 Å². The molecule has 4 heteroatoms. The van der Waals surface area contributed by atoms with Gasteiger partial charge in [-0.2, -0.15) is 5.10 Å². The summed E-state index contributed by atoms with van der Waals surface area (Å²) in [7, 11) is 1.95. The van der Waals surface area contributed by atoms with Crippen LogP contribution in [0.25, 0.3) is 5.76 Å². The summed E-state index contributed by atoms with van der Waals surface area (Å²) in [4.78, 5) is 0. The van der Waals surface area contributed by atoms with Crippen LogP contribution in [0.5, 0.6) is 0 Å². The third-order valence-corrected chi connectivity index (χ3v) is 2.82. The van der Waals surface area contributed by atoms with Gasteiger partial charge in [-0.15, -0.1) is 0 Å². The third-order valence-electron chi connectivity index (χ3n) is 2.82. The minimum Gasteiger partial charge on any atom is -0.494 e. The van der Waals surface area contributed by atoms with E-state index < -0.39 is 0 Å². The number of rotatable bonds is 6. The molecule has 1 aliphatic carbocycles. The van der Waals surface area contributed by atoms with Crippen molar-refractivity contribution < 1.29 is 4.74 Å². The molecule has 2 rings (SSSR count). The molecule has 1 aliphatic rings. The molecule has 0 spiro atoms. The molecule has 1 fully saturated rings. The zero-order chi connectivity index (χ0) is 11.5. The zero-order valence-electron chi connectivity index (χ0n) is 9.99. The van der Waals surface area contributed by atoms with Crippen LogP contribution in [-0.2, 0) is 18.3 Å². The number of nitrogens with one attached hydrogen (secondary N) is 1. The van der Waals surface area contributed by atoms with Crippen LogP contribution < -0.4 is 5.32 Å². The maximum Gasteiger partial charge on any atom is 0.122 e. The first-order chi connectivity index (χ1) is 7.72. The zero-order valence-corrected chi connectivity index (χ0v) is 9.99. The Hall–Kier alpha value is -1.29. The Kier molecular flexibility index (Phi) is 3.29. The van der Waals surface area contributed by atoms with Crippen LogP contribution in [-0.4, -0.2) is 22.4 Å². The second-order valence-corrected chi connectivity index (χ2v) is 4.14. The van der Waals surface area contributed by atoms with E-state index in [2.05, 4.69) is 17.0 Å². The molecule has 4 nitrogen and oxygen atoms in total. The van der Waals surface area contributed by atoms with E-state index >= 15 is 0 Å². The van der Waals surface area contributed by atoms with Crippen LogP contribution in [0.4, 0.5) is 0 Å². The Balaban J connectivity index is 2.07. The van der Waals surface area contributed by atoms with E-state index in [4.69, 9.17) is 4.74 Å². The fourth-order valence-corrected chi connectivity index (χ4v) is 1.69. The fourth-order valence-electron chi connectivity index (χ4n) is 1.69. The quantitative estimate of drug-likeness (QED) is 0.743. The largest absolute Gasteiger partial charge is 0.494 e. The molecular weight excluding hydrogens is 202 g/mol. The summed E-state index contributed by atoms with van der Waals surface area (Å²) < 4.78 is 7.31. The lowest BCUT2D eigenvalue weighted by atomic mass is 10.2. The van der Waals surface area contributed by atoms with Crippen molar-refractivity contribution >= 4 is 5.76 Å². The van der Waals surface area contributed by atoms with Crippen LogP contribution in [0.2, 0.25) is 0 Å². The molecule has 0 aliphatic heterocycles. The highest BCUT2D eigenvalue weighted by Crippen LogP contribution is 2.22. The Morgan fingerprint density at radius 3 is 3.06 bits per heavy atom. The number of aryl methyl sites for hydroxylation is 1. The van der Waals surface area contributed by atoms with Gasteiger partial charge in [-0.25, -0.2) is 0 Å². The van der Waals surface area contributed by atoms with E-state index in [0.29, 0.717) is 18.4 Å². The highest BCUT2D eigenvalue weighted by atomic mass is 16.5. The molecule has 0 saturated heterocycles. The average molecular weight is 221 g/mol. The molecule has 1 N–H and O–H groups in total. The summed E-state index contributed by atoms with van der Waals surface area (Å²) in [6.45, 7) is 7.37. The van der Waals surface area contributed by atoms with Gasteiger partial charge >= 0.3 is 0 Å². The van der Waals surface area contributed by atoms with Crippen molar-refractivity contribution in [3.8, 4) is 0 Å². The van der Waals surface area contributed by atoms with Gasteiger partial charge in [0.1, 0.15) is 5.76 Å². The molecule has 0 radical (unpaired) electrons. The van der Waals surface area contributed by atoms with Gasteiger partial charge in [-0.3, -0.25) is 4.68 Å². The maximum atomic E-state index is 5.43. The van der Waals surface area contributed by atoms with Gasteiger partial charge in [0.2, 0.25) is 0 Å². The lowest BCUT2D eigenvalue weighted by Gasteiger charge is -2.09. The Morgan fingerprint density at radius 2 is 2.44 bits per heavy atom. The molecule has 0 atom stereocenters. The molecule has 88 valence electrons. The monoisotopic (exact) mass is 221 g/mol. The fraction of sp³-hybridized carbons (Fsp3) is 0.583. The van der Waals surface area contributed by atoms with Crippen molar-refractivity contribution in [1.82, 2.24) is 15.1 Å². The smallest absolute Gasteiger partial charge is 0.122 e. The Bertz CT molecular complexity index is 380. The maximum absolute atomic E-state index is 5.43. The number of ether oxygens (including phenoxy) is 1. The molecular formula is C12H19N3O. The summed E-state index contributed by atoms with van der Waals surface area (Å²) >= 11 is 0. The van der Waals surface area contributed by atoms with Crippen molar-refractivity contribution in [2.75, 3.05) is 6.61 Å². The minimum absolute atomic E-state index is 0.642. The molecule has 1 saturated carbocycles. The molecule has 1 heterocycles. The van der Waals surface area contributed by atoms with Gasteiger partial charge in [0.15, 0.2) is 0 Å². The van der Waals surface area contributed by atoms with Crippen molar-refractivity contribution in [1.29, 1.82) is 0 Å². The highest BCUT2D eigenvalue weighted by Gasteiger charge is 2.21. The van der Waals surface area contributed by atoms with Crippen LogP contribution >= 0.6 is 0 Å². The van der Waals surface area contributed by atoms with E-state index in [1.54, 1.807) is 0 Å². The van der Waals surface area contributed by atoms with Crippen LogP contribution in [0.3, 0.4) is 0 Å². The number of hydrogen-bond donors (Lipinski definition) is 1. The van der Waals surface area contributed by atoms with Crippen molar-refractivity contribution in [2.24, 2.45) is 7.05 Å². The lowest BCUT2D eigenvalue weighted by Crippen LogP contribution is -2.18. The second kappa shape index (κ2) is 4.70. The van der Waals surface area contributed by atoms with Crippen molar-refractivity contribution in [3.05, 3.63) is 24.0 Å². The molecule has 1 aromatic rings. The SMILES string of the molecule is C=C(OCC)c1cnn(C)c1CNC1CC1. The lowest BCUT2D eigenvalue weighted by molar-refractivity contribution is 0.298. The van der Waals surface area contributed by atoms with E-state index in [1.807, 2.05) is 24.9 Å². The summed E-state index contributed by atoms with van der Waals surface area (Å²) in [5.41, 5.74) is 2.16. The van der Waals surface area contributed by atoms with Gasteiger partial charge in [0.05, 0.1) is 24.1 Å². The summed E-state index contributed by atoms with van der Waals surface area (Å²) in [6.07, 6.45) is 4.40. The summed E-state index contributed by atoms with van der Waals surface area (Å²) in [5.74, 6) is 0.711. The van der Waals surface area contributed by atoms with E-state index in [0.717, 1.165) is 17.8 Å². The van der Waals surface area contributed by atoms with E-state index in [-0.39, 0.29) is 0 Å². The van der Waals surface area contributed by atoms with Crippen LogP contribution in [0.1, 0.15) is 31.0 Å². The first-order valence-electron chi connectivity index (χ1n) is 5.78. The summed E-state index contributed by atoms with van der Waals surface area (Å²) in [5, 5.41) is 7.73. The molecule has 0 bridgehead atoms.